The summed E-state index contributed by atoms with van der Waals surface area (Å²) in [4.78, 5) is 0. The Morgan fingerprint density at radius 1 is 1.44 bits per heavy atom. The minimum Gasteiger partial charge on any atom is -0.496 e. The Bertz CT molecular complexity index is 391. The van der Waals surface area contributed by atoms with Crippen LogP contribution in [0.1, 0.15) is 23.5 Å². The molecule has 100 valence electrons. The van der Waals surface area contributed by atoms with Gasteiger partial charge in [-0.15, -0.1) is 0 Å². The van der Waals surface area contributed by atoms with Crippen molar-refractivity contribution in [3.05, 3.63) is 29.3 Å². The number of hydrogen-bond donors (Lipinski definition) is 2. The first-order chi connectivity index (χ1) is 8.77. The fourth-order valence-corrected chi connectivity index (χ4v) is 2.52. The van der Waals surface area contributed by atoms with Crippen LogP contribution in [0.4, 0.5) is 0 Å². The average Bonchev–Trinajstić information content (AvgIpc) is 2.40. The molecule has 1 fully saturated rings. The third-order valence-electron chi connectivity index (χ3n) is 3.47. The molecule has 2 N–H and O–H groups in total. The van der Waals surface area contributed by atoms with Crippen molar-refractivity contribution >= 4 is 0 Å². The van der Waals surface area contributed by atoms with Gasteiger partial charge in [0.2, 0.25) is 0 Å². The molecule has 0 amide bonds. The number of aliphatic hydroxyl groups excluding tert-OH is 2. The Balaban J connectivity index is 2.35. The largest absolute Gasteiger partial charge is 0.496 e. The number of rotatable bonds is 4. The molecule has 1 saturated heterocycles. The summed E-state index contributed by atoms with van der Waals surface area (Å²) in [6.07, 6.45) is 0.798. The molecule has 2 rings (SSSR count). The van der Waals surface area contributed by atoms with E-state index in [-0.39, 0.29) is 18.6 Å². The van der Waals surface area contributed by atoms with E-state index in [9.17, 15) is 10.2 Å². The van der Waals surface area contributed by atoms with Gasteiger partial charge in [0.15, 0.2) is 0 Å². The third kappa shape index (κ3) is 2.66. The molecular weight excluding hydrogens is 232 g/mol. The SMILES string of the molecule is COc1cccc(C2COCCC2O)c1CCO. The van der Waals surface area contributed by atoms with Crippen LogP contribution in [0.2, 0.25) is 0 Å². The topological polar surface area (TPSA) is 58.9 Å². The van der Waals surface area contributed by atoms with Crippen molar-refractivity contribution in [1.82, 2.24) is 0 Å². The summed E-state index contributed by atoms with van der Waals surface area (Å²) in [6, 6.07) is 5.77. The lowest BCUT2D eigenvalue weighted by atomic mass is 9.86. The molecule has 0 aliphatic carbocycles. The minimum absolute atomic E-state index is 0.0320. The first-order valence-corrected chi connectivity index (χ1v) is 6.30. The van der Waals surface area contributed by atoms with Crippen LogP contribution in [0.25, 0.3) is 0 Å². The van der Waals surface area contributed by atoms with Crippen molar-refractivity contribution in [2.75, 3.05) is 26.9 Å². The van der Waals surface area contributed by atoms with Gasteiger partial charge in [-0.1, -0.05) is 12.1 Å². The zero-order valence-corrected chi connectivity index (χ0v) is 10.6. The highest BCUT2D eigenvalue weighted by Gasteiger charge is 2.28. The predicted molar refractivity (Wildman–Crippen MR) is 68.0 cm³/mol. The highest BCUT2D eigenvalue weighted by molar-refractivity contribution is 5.43. The Morgan fingerprint density at radius 3 is 2.94 bits per heavy atom. The monoisotopic (exact) mass is 252 g/mol. The highest BCUT2D eigenvalue weighted by Crippen LogP contribution is 2.33. The molecular formula is C14H20O4. The average molecular weight is 252 g/mol. The normalized spacial score (nSPS) is 23.9. The maximum atomic E-state index is 10.1. The van der Waals surface area contributed by atoms with Crippen LogP contribution in [0.5, 0.6) is 5.75 Å². The molecule has 2 atom stereocenters. The zero-order chi connectivity index (χ0) is 13.0. The summed E-state index contributed by atoms with van der Waals surface area (Å²) in [5, 5.41) is 19.3. The van der Waals surface area contributed by atoms with Gasteiger partial charge in [0.1, 0.15) is 5.75 Å². The molecule has 1 aliphatic rings. The Hall–Kier alpha value is -1.10. The first kappa shape index (κ1) is 13.3. The smallest absolute Gasteiger partial charge is 0.122 e. The van der Waals surface area contributed by atoms with E-state index in [4.69, 9.17) is 9.47 Å². The maximum Gasteiger partial charge on any atom is 0.122 e. The number of ether oxygens (including phenoxy) is 2. The maximum absolute atomic E-state index is 10.1. The molecule has 0 saturated carbocycles. The molecule has 2 unspecified atom stereocenters. The number of benzene rings is 1. The van der Waals surface area contributed by atoms with Crippen molar-refractivity contribution in [3.8, 4) is 5.75 Å². The second-order valence-corrected chi connectivity index (χ2v) is 4.54. The van der Waals surface area contributed by atoms with Gasteiger partial charge in [-0.25, -0.2) is 0 Å². The van der Waals surface area contributed by atoms with E-state index in [1.807, 2.05) is 18.2 Å². The summed E-state index contributed by atoms with van der Waals surface area (Å²) < 4.78 is 10.8. The van der Waals surface area contributed by atoms with Crippen LogP contribution in [0.3, 0.4) is 0 Å². The Labute approximate surface area is 107 Å². The van der Waals surface area contributed by atoms with E-state index in [1.54, 1.807) is 7.11 Å². The van der Waals surface area contributed by atoms with Crippen LogP contribution in [-0.4, -0.2) is 43.2 Å². The number of hydrogen-bond acceptors (Lipinski definition) is 4. The summed E-state index contributed by atoms with van der Waals surface area (Å²) in [7, 11) is 1.62. The van der Waals surface area contributed by atoms with Crippen LogP contribution in [0.15, 0.2) is 18.2 Å². The molecule has 1 aliphatic heterocycles. The summed E-state index contributed by atoms with van der Waals surface area (Å²) >= 11 is 0. The van der Waals surface area contributed by atoms with Gasteiger partial charge in [-0.05, 0) is 24.5 Å². The van der Waals surface area contributed by atoms with Gasteiger partial charge in [-0.3, -0.25) is 0 Å². The van der Waals surface area contributed by atoms with E-state index in [0.29, 0.717) is 26.1 Å². The Morgan fingerprint density at radius 2 is 2.28 bits per heavy atom. The lowest BCUT2D eigenvalue weighted by Crippen LogP contribution is -2.30. The summed E-state index contributed by atoms with van der Waals surface area (Å²) in [5.74, 6) is 0.731. The van der Waals surface area contributed by atoms with Crippen molar-refractivity contribution in [2.45, 2.75) is 24.9 Å². The molecule has 4 heteroatoms. The predicted octanol–water partition coefficient (Wildman–Crippen LogP) is 1.09. The van der Waals surface area contributed by atoms with Gasteiger partial charge in [0, 0.05) is 24.7 Å². The minimum atomic E-state index is -0.386. The van der Waals surface area contributed by atoms with Crippen molar-refractivity contribution in [3.63, 3.8) is 0 Å². The molecule has 1 aromatic rings. The molecule has 18 heavy (non-hydrogen) atoms. The number of methoxy groups -OCH3 is 1. The molecule has 1 aromatic carbocycles. The molecule has 0 spiro atoms. The van der Waals surface area contributed by atoms with Crippen molar-refractivity contribution < 1.29 is 19.7 Å². The van der Waals surface area contributed by atoms with E-state index in [0.717, 1.165) is 16.9 Å². The standard InChI is InChI=1S/C14H20O4/c1-17-14-4-2-3-10(11(14)5-7-15)12-9-18-8-6-13(12)16/h2-4,12-13,15-16H,5-9H2,1H3. The van der Waals surface area contributed by atoms with Crippen LogP contribution in [-0.2, 0) is 11.2 Å². The van der Waals surface area contributed by atoms with Crippen LogP contribution in [0, 0.1) is 0 Å². The second kappa shape index (κ2) is 6.18. The van der Waals surface area contributed by atoms with Crippen LogP contribution < -0.4 is 4.74 Å². The van der Waals surface area contributed by atoms with Gasteiger partial charge in [-0.2, -0.15) is 0 Å². The van der Waals surface area contributed by atoms with Crippen LogP contribution >= 0.6 is 0 Å². The van der Waals surface area contributed by atoms with E-state index in [1.165, 1.54) is 0 Å². The van der Waals surface area contributed by atoms with E-state index < -0.39 is 0 Å². The fourth-order valence-electron chi connectivity index (χ4n) is 2.52. The van der Waals surface area contributed by atoms with E-state index >= 15 is 0 Å². The number of aliphatic hydroxyl groups is 2. The molecule has 0 bridgehead atoms. The lowest BCUT2D eigenvalue weighted by Gasteiger charge is -2.30. The second-order valence-electron chi connectivity index (χ2n) is 4.54. The first-order valence-electron chi connectivity index (χ1n) is 6.30. The molecule has 0 radical (unpaired) electrons. The van der Waals surface area contributed by atoms with Gasteiger partial charge in [0.25, 0.3) is 0 Å². The quantitative estimate of drug-likeness (QED) is 0.842. The molecule has 1 heterocycles. The highest BCUT2D eigenvalue weighted by atomic mass is 16.5. The van der Waals surface area contributed by atoms with Crippen molar-refractivity contribution in [2.24, 2.45) is 0 Å². The Kier molecular flexibility index (Phi) is 4.58. The van der Waals surface area contributed by atoms with Crippen molar-refractivity contribution in [1.29, 1.82) is 0 Å². The zero-order valence-electron chi connectivity index (χ0n) is 10.6. The molecule has 4 nitrogen and oxygen atoms in total. The van der Waals surface area contributed by atoms with E-state index in [2.05, 4.69) is 0 Å². The van der Waals surface area contributed by atoms with Gasteiger partial charge >= 0.3 is 0 Å². The lowest BCUT2D eigenvalue weighted by molar-refractivity contribution is -0.00626. The summed E-state index contributed by atoms with van der Waals surface area (Å²) in [5.41, 5.74) is 1.99. The molecule has 0 aromatic heterocycles. The third-order valence-corrected chi connectivity index (χ3v) is 3.47. The van der Waals surface area contributed by atoms with Gasteiger partial charge < -0.3 is 19.7 Å². The fraction of sp³-hybridized carbons (Fsp3) is 0.571. The summed E-state index contributed by atoms with van der Waals surface area (Å²) in [6.45, 7) is 1.20. The van der Waals surface area contributed by atoms with Gasteiger partial charge in [0.05, 0.1) is 19.8 Å².